The van der Waals surface area contributed by atoms with Crippen LogP contribution in [-0.4, -0.2) is 182 Å². The molecule has 79 heavy (non-hydrogen) atoms. The lowest BCUT2D eigenvalue weighted by Gasteiger charge is -2.29. The molecule has 10 N–H and O–H groups in total. The molecule has 5 aromatic rings. The van der Waals surface area contributed by atoms with E-state index in [1.807, 2.05) is 0 Å². The van der Waals surface area contributed by atoms with Crippen molar-refractivity contribution in [3.63, 3.8) is 0 Å². The van der Waals surface area contributed by atoms with Crippen molar-refractivity contribution in [1.82, 2.24) is 44.4 Å². The van der Waals surface area contributed by atoms with Crippen LogP contribution in [0.4, 0.5) is 33.8 Å². The number of hydrogen-bond donors (Lipinski definition) is 8. The monoisotopic (exact) mass is 1180 g/mol. The van der Waals surface area contributed by atoms with Gasteiger partial charge in [-0.2, -0.15) is 18.7 Å². The van der Waals surface area contributed by atoms with Crippen molar-refractivity contribution in [2.75, 3.05) is 90.7 Å². The van der Waals surface area contributed by atoms with Crippen LogP contribution in [-0.2, 0) is 70.0 Å². The van der Waals surface area contributed by atoms with E-state index in [1.54, 1.807) is 0 Å². The smallest absolute Gasteiger partial charge is 0.420 e. The number of H-pyrrole nitrogens is 2. The molecule has 0 saturated carbocycles. The third-order valence-electron chi connectivity index (χ3n) is 11.5. The molecule has 0 radical (unpaired) electrons. The van der Waals surface area contributed by atoms with E-state index >= 15 is 0 Å². The Labute approximate surface area is 437 Å². The first-order chi connectivity index (χ1) is 37.6. The Morgan fingerprint density at radius 1 is 0.658 bits per heavy atom. The number of nitrogens with zero attached hydrogens (tertiary/aromatic N) is 6. The number of aliphatic hydroxyl groups is 1. The molecule has 4 aromatic heterocycles. The second kappa shape index (κ2) is 25.6. The lowest BCUT2D eigenvalue weighted by molar-refractivity contribution is -0.136. The summed E-state index contributed by atoms with van der Waals surface area (Å²) < 4.78 is 161. The van der Waals surface area contributed by atoms with Crippen LogP contribution in [0.15, 0.2) is 22.2 Å². The SMILES string of the molecule is Nc1nc2c(ncn2C2OC3COP(=O)(O)OC4C(COP(=O)(O)OC3C2O)OC(n2cnc3c(=O)[nH]c(N)nc32)C4NC(=O)CCOCCOCCOCCOCCOCCC(=O)Oc2c(F)c(F)c(F)c(F)c2F)c(=O)[nH]1. The van der Waals surface area contributed by atoms with Gasteiger partial charge in [-0.15, -0.1) is 0 Å². The molecule has 39 heteroatoms. The molecule has 0 spiro atoms. The van der Waals surface area contributed by atoms with Gasteiger partial charge in [-0.3, -0.25) is 56.4 Å². The van der Waals surface area contributed by atoms with Crippen molar-refractivity contribution in [2.24, 2.45) is 0 Å². The van der Waals surface area contributed by atoms with E-state index in [1.165, 1.54) is 0 Å². The number of amides is 1. The van der Waals surface area contributed by atoms with Gasteiger partial charge in [0.25, 0.3) is 11.1 Å². The third-order valence-corrected chi connectivity index (χ3v) is 13.5. The zero-order chi connectivity index (χ0) is 56.8. The summed E-state index contributed by atoms with van der Waals surface area (Å²) >= 11 is 0. The van der Waals surface area contributed by atoms with Crippen molar-refractivity contribution in [1.29, 1.82) is 0 Å². The maximum atomic E-state index is 13.8. The highest BCUT2D eigenvalue weighted by Gasteiger charge is 2.55. The number of aliphatic hydroxyl groups excluding tert-OH is 1. The van der Waals surface area contributed by atoms with Crippen molar-refractivity contribution >= 4 is 61.7 Å². The first-order valence-electron chi connectivity index (χ1n) is 23.3. The predicted octanol–water partition coefficient (Wildman–Crippen LogP) is -0.760. The van der Waals surface area contributed by atoms with Gasteiger partial charge in [0.2, 0.25) is 52.6 Å². The third kappa shape index (κ3) is 14.1. The lowest BCUT2D eigenvalue weighted by atomic mass is 10.1. The highest BCUT2D eigenvalue weighted by Crippen LogP contribution is 2.54. The number of imidazole rings is 2. The van der Waals surface area contributed by atoms with Crippen LogP contribution in [0, 0.1) is 29.1 Å². The summed E-state index contributed by atoms with van der Waals surface area (Å²) in [4.78, 5) is 93.3. The highest BCUT2D eigenvalue weighted by molar-refractivity contribution is 7.47. The zero-order valence-electron chi connectivity index (χ0n) is 40.5. The van der Waals surface area contributed by atoms with Crippen LogP contribution in [0.1, 0.15) is 25.3 Å². The topological polar surface area (TPSA) is 431 Å². The summed E-state index contributed by atoms with van der Waals surface area (Å²) in [6, 6.07) is -1.53. The molecule has 1 amide bonds. The number of fused-ring (bicyclic) bond motifs is 4. The molecule has 434 valence electrons. The molecule has 0 aliphatic carbocycles. The van der Waals surface area contributed by atoms with Crippen LogP contribution in [0.25, 0.3) is 22.3 Å². The number of aromatic nitrogens is 8. The molecule has 3 fully saturated rings. The molecule has 1 aromatic carbocycles. The Hall–Kier alpha value is -5.99. The number of esters is 1. The zero-order valence-corrected chi connectivity index (χ0v) is 42.3. The Morgan fingerprint density at radius 3 is 1.58 bits per heavy atom. The number of phosphoric ester groups is 2. The number of carbonyl (C=O) groups excluding carboxylic acids is 2. The molecule has 10 unspecified atom stereocenters. The number of anilines is 2. The molecular weight excluding hydrogens is 1130 g/mol. The fourth-order valence-electron chi connectivity index (χ4n) is 7.97. The minimum Gasteiger partial charge on any atom is -0.420 e. The van der Waals surface area contributed by atoms with E-state index in [0.717, 1.165) is 21.8 Å². The number of nitrogens with two attached hydrogens (primary N) is 2. The standard InChI is InChI=1S/C40H48F5N11O21P2/c41-21-22(42)24(44)32(25(45)23(21)43)75-20(58)2-4-67-6-8-69-10-12-70-11-9-68-7-5-66-3-1-19(57)50-26-30-17(73-37(26)55-15-48-27-33(55)51-39(46)53-35(27)60)13-71-79(64,65)77-31-18(14-72-78(62,63)76-30)74-38(29(31)59)56-16-49-28-34(56)52-40(47)54-36(28)61/h15-18,26,29-31,37-38,59H,1-14H2,(H,50,57)(H,62,63)(H,64,65)(H3,46,51,53,60)(H3,47,52,54,61). The first-order valence-corrected chi connectivity index (χ1v) is 26.3. The average Bonchev–Trinajstić information content (AvgIpc) is 4.29. The quantitative estimate of drug-likeness (QED) is 0.00803. The van der Waals surface area contributed by atoms with Crippen molar-refractivity contribution in [3.05, 3.63) is 62.4 Å². The van der Waals surface area contributed by atoms with Gasteiger partial charge in [0, 0.05) is 6.42 Å². The first kappa shape index (κ1) is 59.1. The van der Waals surface area contributed by atoms with Crippen molar-refractivity contribution in [3.8, 4) is 5.75 Å². The molecule has 3 saturated heterocycles. The van der Waals surface area contributed by atoms with Crippen LogP contribution in [0.2, 0.25) is 0 Å². The molecule has 3 aliphatic heterocycles. The van der Waals surface area contributed by atoms with E-state index < -0.39 is 142 Å². The normalized spacial score (nSPS) is 26.4. The highest BCUT2D eigenvalue weighted by atomic mass is 31.2. The molecule has 7 heterocycles. The van der Waals surface area contributed by atoms with Gasteiger partial charge in [-0.25, -0.2) is 32.3 Å². The van der Waals surface area contributed by atoms with Crippen LogP contribution in [0.3, 0.4) is 0 Å². The van der Waals surface area contributed by atoms with E-state index in [9.17, 15) is 65.2 Å². The molecule has 0 bridgehead atoms. The number of halogens is 5. The Balaban J connectivity index is 0.791. The summed E-state index contributed by atoms with van der Waals surface area (Å²) in [6.45, 7) is -1.79. The lowest BCUT2D eigenvalue weighted by Crippen LogP contribution is -2.48. The number of rotatable bonds is 22. The van der Waals surface area contributed by atoms with Gasteiger partial charge in [-0.1, -0.05) is 0 Å². The Bertz CT molecular complexity index is 3200. The number of aromatic amines is 2. The minimum absolute atomic E-state index is 0.0100. The second-order valence-electron chi connectivity index (χ2n) is 16.9. The summed E-state index contributed by atoms with van der Waals surface area (Å²) in [5.74, 6) is -16.0. The van der Waals surface area contributed by atoms with E-state index in [-0.39, 0.29) is 107 Å². The molecule has 32 nitrogen and oxygen atoms in total. The van der Waals surface area contributed by atoms with E-state index in [4.69, 9.17) is 62.7 Å². The van der Waals surface area contributed by atoms with Gasteiger partial charge in [0.1, 0.15) is 36.6 Å². The minimum atomic E-state index is -5.31. The van der Waals surface area contributed by atoms with Gasteiger partial charge in [-0.05, 0) is 0 Å². The summed E-state index contributed by atoms with van der Waals surface area (Å²) in [5, 5.41) is 14.0. The van der Waals surface area contributed by atoms with Gasteiger partial charge in [0.05, 0.1) is 98.4 Å². The largest absolute Gasteiger partial charge is 0.472 e. The summed E-state index contributed by atoms with van der Waals surface area (Å²) in [7, 11) is -10.6. The average molecular weight is 1180 g/mol. The number of nitrogens with one attached hydrogen (secondary N) is 3. The van der Waals surface area contributed by atoms with Gasteiger partial charge in [0.15, 0.2) is 34.8 Å². The van der Waals surface area contributed by atoms with Crippen LogP contribution in [0.5, 0.6) is 5.75 Å². The number of nitrogen functional groups attached to an aromatic ring is 2. The molecule has 3 aliphatic rings. The fourth-order valence-corrected chi connectivity index (χ4v) is 9.90. The fraction of sp³-hybridized carbons (Fsp3) is 0.550. The molecular formula is C40H48F5N11O21P2. The number of benzene rings is 1. The van der Waals surface area contributed by atoms with E-state index in [0.29, 0.717) is 0 Å². The second-order valence-corrected chi connectivity index (χ2v) is 19.7. The number of ether oxygens (including phenoxy) is 8. The Kier molecular flexibility index (Phi) is 19.2. The number of carbonyl (C=O) groups is 2. The molecule has 10 atom stereocenters. The van der Waals surface area contributed by atoms with Gasteiger partial charge < -0.3 is 69.6 Å². The van der Waals surface area contributed by atoms with Crippen molar-refractivity contribution < 1.29 is 112 Å². The summed E-state index contributed by atoms with van der Waals surface area (Å²) in [6.07, 6.45) is -10.6. The number of phosphoric acid groups is 2. The van der Waals surface area contributed by atoms with Crippen molar-refractivity contribution in [2.45, 2.75) is 61.9 Å². The predicted molar refractivity (Wildman–Crippen MR) is 247 cm³/mol. The van der Waals surface area contributed by atoms with E-state index in [2.05, 4.69) is 40.0 Å². The number of hydrogen-bond acceptors (Lipinski definition) is 25. The van der Waals surface area contributed by atoms with Crippen LogP contribution < -0.4 is 32.6 Å². The molecule has 8 rings (SSSR count). The van der Waals surface area contributed by atoms with Gasteiger partial charge >= 0.3 is 21.6 Å². The maximum Gasteiger partial charge on any atom is 0.472 e. The summed E-state index contributed by atoms with van der Waals surface area (Å²) in [5.41, 5.74) is 9.19. The van der Waals surface area contributed by atoms with Crippen LogP contribution >= 0.6 is 15.6 Å². The Morgan fingerprint density at radius 2 is 1.08 bits per heavy atom. The maximum absolute atomic E-state index is 13.8.